The van der Waals surface area contributed by atoms with Crippen molar-refractivity contribution in [2.75, 3.05) is 45.8 Å². The maximum Gasteiger partial charge on any atom is 0.236 e. The predicted molar refractivity (Wildman–Crippen MR) is 75.6 cm³/mol. The second kappa shape index (κ2) is 8.48. The van der Waals surface area contributed by atoms with Gasteiger partial charge in [-0.25, -0.2) is 0 Å². The van der Waals surface area contributed by atoms with Gasteiger partial charge in [0.25, 0.3) is 0 Å². The molecule has 1 N–H and O–H groups in total. The lowest BCUT2D eigenvalue weighted by atomic mass is 10.1. The molecular formula is C14H29N3O. The highest BCUT2D eigenvalue weighted by Crippen LogP contribution is 2.09. The van der Waals surface area contributed by atoms with E-state index in [1.54, 1.807) is 0 Å². The lowest BCUT2D eigenvalue weighted by Gasteiger charge is -2.22. The molecule has 0 saturated carbocycles. The summed E-state index contributed by atoms with van der Waals surface area (Å²) in [6.45, 7) is 13.0. The molecule has 1 aliphatic heterocycles. The van der Waals surface area contributed by atoms with Gasteiger partial charge in [-0.1, -0.05) is 6.92 Å². The molecule has 1 atom stereocenters. The van der Waals surface area contributed by atoms with Crippen LogP contribution in [0.25, 0.3) is 0 Å². The Balaban J connectivity index is 2.10. The summed E-state index contributed by atoms with van der Waals surface area (Å²) in [5.41, 5.74) is 0. The zero-order valence-electron chi connectivity index (χ0n) is 12.2. The van der Waals surface area contributed by atoms with Crippen molar-refractivity contribution in [3.63, 3.8) is 0 Å². The van der Waals surface area contributed by atoms with Gasteiger partial charge in [0.15, 0.2) is 0 Å². The molecule has 4 nitrogen and oxygen atoms in total. The average molecular weight is 255 g/mol. The van der Waals surface area contributed by atoms with Crippen LogP contribution in [-0.4, -0.2) is 61.5 Å². The highest BCUT2D eigenvalue weighted by atomic mass is 16.2. The van der Waals surface area contributed by atoms with Gasteiger partial charge in [0.2, 0.25) is 5.91 Å². The van der Waals surface area contributed by atoms with Gasteiger partial charge in [0.1, 0.15) is 0 Å². The van der Waals surface area contributed by atoms with Crippen LogP contribution in [0, 0.1) is 5.92 Å². The van der Waals surface area contributed by atoms with E-state index in [4.69, 9.17) is 0 Å². The van der Waals surface area contributed by atoms with Crippen LogP contribution in [0.1, 0.15) is 33.6 Å². The number of rotatable bonds is 8. The quantitative estimate of drug-likeness (QED) is 0.707. The second-order valence-corrected chi connectivity index (χ2v) is 5.31. The number of carbonyl (C=O) groups excluding carboxylic acids is 1. The molecule has 0 bridgehead atoms. The van der Waals surface area contributed by atoms with Gasteiger partial charge < -0.3 is 15.1 Å². The maximum atomic E-state index is 11.8. The molecule has 1 fully saturated rings. The molecule has 1 saturated heterocycles. The molecule has 0 aromatic rings. The standard InChI is InChI=1S/C14H29N3O/c1-4-17(5-2)14(18)11-15-10-13(3)12-16-8-6-7-9-16/h13,15H,4-12H2,1-3H3. The van der Waals surface area contributed by atoms with E-state index in [0.717, 1.165) is 26.2 Å². The summed E-state index contributed by atoms with van der Waals surface area (Å²) in [7, 11) is 0. The third-order valence-corrected chi connectivity index (χ3v) is 3.65. The molecule has 1 unspecified atom stereocenters. The molecular weight excluding hydrogens is 226 g/mol. The first kappa shape index (κ1) is 15.4. The molecule has 1 rings (SSSR count). The summed E-state index contributed by atoms with van der Waals surface area (Å²) in [4.78, 5) is 16.2. The number of hydrogen-bond donors (Lipinski definition) is 1. The molecule has 0 aliphatic carbocycles. The number of hydrogen-bond acceptors (Lipinski definition) is 3. The van der Waals surface area contributed by atoms with Gasteiger partial charge in [0, 0.05) is 19.6 Å². The zero-order chi connectivity index (χ0) is 13.4. The molecule has 0 radical (unpaired) electrons. The van der Waals surface area contributed by atoms with E-state index in [1.807, 2.05) is 18.7 Å². The number of nitrogens with zero attached hydrogens (tertiary/aromatic N) is 2. The Morgan fingerprint density at radius 3 is 2.44 bits per heavy atom. The number of carbonyl (C=O) groups is 1. The Morgan fingerprint density at radius 2 is 1.89 bits per heavy atom. The van der Waals surface area contributed by atoms with Crippen LogP contribution in [0.3, 0.4) is 0 Å². The lowest BCUT2D eigenvalue weighted by Crippen LogP contribution is -2.40. The number of likely N-dealkylation sites (tertiary alicyclic amines) is 1. The molecule has 106 valence electrons. The number of amides is 1. The normalized spacial score (nSPS) is 17.9. The van der Waals surface area contributed by atoms with Crippen molar-refractivity contribution in [3.8, 4) is 0 Å². The molecule has 18 heavy (non-hydrogen) atoms. The van der Waals surface area contributed by atoms with Crippen molar-refractivity contribution in [3.05, 3.63) is 0 Å². The summed E-state index contributed by atoms with van der Waals surface area (Å²) in [6.07, 6.45) is 2.70. The minimum Gasteiger partial charge on any atom is -0.342 e. The molecule has 1 aliphatic rings. The van der Waals surface area contributed by atoms with E-state index in [0.29, 0.717) is 12.5 Å². The Bertz CT molecular complexity index is 235. The van der Waals surface area contributed by atoms with Crippen molar-refractivity contribution in [2.24, 2.45) is 5.92 Å². The highest BCUT2D eigenvalue weighted by molar-refractivity contribution is 5.78. The van der Waals surface area contributed by atoms with E-state index in [1.165, 1.54) is 25.9 Å². The summed E-state index contributed by atoms with van der Waals surface area (Å²) in [5.74, 6) is 0.834. The van der Waals surface area contributed by atoms with Crippen molar-refractivity contribution < 1.29 is 4.79 Å². The summed E-state index contributed by atoms with van der Waals surface area (Å²) >= 11 is 0. The SMILES string of the molecule is CCN(CC)C(=O)CNCC(C)CN1CCCC1. The third kappa shape index (κ3) is 5.36. The van der Waals surface area contributed by atoms with E-state index in [2.05, 4.69) is 17.1 Å². The van der Waals surface area contributed by atoms with Crippen LogP contribution in [0.15, 0.2) is 0 Å². The van der Waals surface area contributed by atoms with Crippen molar-refractivity contribution >= 4 is 5.91 Å². The lowest BCUT2D eigenvalue weighted by molar-refractivity contribution is -0.129. The van der Waals surface area contributed by atoms with Crippen LogP contribution in [-0.2, 0) is 4.79 Å². The Labute approximate surface area is 112 Å². The smallest absolute Gasteiger partial charge is 0.236 e. The zero-order valence-corrected chi connectivity index (χ0v) is 12.2. The van der Waals surface area contributed by atoms with Crippen LogP contribution in [0.2, 0.25) is 0 Å². The fourth-order valence-corrected chi connectivity index (χ4v) is 2.58. The fraction of sp³-hybridized carbons (Fsp3) is 0.929. The average Bonchev–Trinajstić information content (AvgIpc) is 2.83. The van der Waals surface area contributed by atoms with Crippen LogP contribution >= 0.6 is 0 Å². The summed E-state index contributed by atoms with van der Waals surface area (Å²) in [6, 6.07) is 0. The van der Waals surface area contributed by atoms with E-state index >= 15 is 0 Å². The number of likely N-dealkylation sites (N-methyl/N-ethyl adjacent to an activating group) is 1. The molecule has 4 heteroatoms. The second-order valence-electron chi connectivity index (χ2n) is 5.31. The summed E-state index contributed by atoms with van der Waals surface area (Å²) < 4.78 is 0. The topological polar surface area (TPSA) is 35.6 Å². The van der Waals surface area contributed by atoms with E-state index in [9.17, 15) is 4.79 Å². The minimum absolute atomic E-state index is 0.216. The van der Waals surface area contributed by atoms with Gasteiger partial charge >= 0.3 is 0 Å². The molecule has 0 aromatic heterocycles. The van der Waals surface area contributed by atoms with Gasteiger partial charge in [-0.05, 0) is 52.2 Å². The van der Waals surface area contributed by atoms with Gasteiger partial charge in [-0.2, -0.15) is 0 Å². The predicted octanol–water partition coefficient (Wildman–Crippen LogP) is 1.18. The maximum absolute atomic E-state index is 11.8. The van der Waals surface area contributed by atoms with Gasteiger partial charge in [-0.15, -0.1) is 0 Å². The Kier molecular flexibility index (Phi) is 7.28. The minimum atomic E-state index is 0.216. The van der Waals surface area contributed by atoms with Crippen LogP contribution < -0.4 is 5.32 Å². The summed E-state index contributed by atoms with van der Waals surface area (Å²) in [5, 5.41) is 3.29. The molecule has 1 heterocycles. The van der Waals surface area contributed by atoms with E-state index < -0.39 is 0 Å². The molecule has 1 amide bonds. The number of nitrogens with one attached hydrogen (secondary N) is 1. The molecule has 0 spiro atoms. The first-order valence-electron chi connectivity index (χ1n) is 7.38. The van der Waals surface area contributed by atoms with Crippen molar-refractivity contribution in [1.29, 1.82) is 0 Å². The fourth-order valence-electron chi connectivity index (χ4n) is 2.58. The Hall–Kier alpha value is -0.610. The molecule has 0 aromatic carbocycles. The van der Waals surface area contributed by atoms with Crippen molar-refractivity contribution in [2.45, 2.75) is 33.6 Å². The largest absolute Gasteiger partial charge is 0.342 e. The monoisotopic (exact) mass is 255 g/mol. The van der Waals surface area contributed by atoms with E-state index in [-0.39, 0.29) is 5.91 Å². The first-order valence-corrected chi connectivity index (χ1v) is 7.38. The van der Waals surface area contributed by atoms with Crippen molar-refractivity contribution in [1.82, 2.24) is 15.1 Å². The third-order valence-electron chi connectivity index (χ3n) is 3.65. The van der Waals surface area contributed by atoms with Crippen LogP contribution in [0.5, 0.6) is 0 Å². The van der Waals surface area contributed by atoms with Crippen LogP contribution in [0.4, 0.5) is 0 Å². The first-order chi connectivity index (χ1) is 8.67. The Morgan fingerprint density at radius 1 is 1.28 bits per heavy atom. The van der Waals surface area contributed by atoms with Gasteiger partial charge in [-0.3, -0.25) is 4.79 Å². The van der Waals surface area contributed by atoms with Gasteiger partial charge in [0.05, 0.1) is 6.54 Å². The highest BCUT2D eigenvalue weighted by Gasteiger charge is 2.15.